The molecule has 0 aliphatic carbocycles. The van der Waals surface area contributed by atoms with Crippen LogP contribution < -0.4 is 5.73 Å². The Morgan fingerprint density at radius 3 is 2.67 bits per heavy atom. The van der Waals surface area contributed by atoms with Gasteiger partial charge in [-0.3, -0.25) is 9.78 Å². The molecule has 2 rings (SSSR count). The predicted molar refractivity (Wildman–Crippen MR) is 68.5 cm³/mol. The van der Waals surface area contributed by atoms with Gasteiger partial charge >= 0.3 is 0 Å². The third-order valence-electron chi connectivity index (χ3n) is 2.34. The van der Waals surface area contributed by atoms with Gasteiger partial charge in [0.25, 0.3) is 5.91 Å². The van der Waals surface area contributed by atoms with E-state index in [4.69, 9.17) is 28.9 Å². The van der Waals surface area contributed by atoms with Crippen molar-refractivity contribution in [3.05, 3.63) is 39.9 Å². The fourth-order valence-electron chi connectivity index (χ4n) is 1.56. The summed E-state index contributed by atoms with van der Waals surface area (Å²) in [6, 6.07) is 1.68. The second-order valence-corrected chi connectivity index (χ2v) is 4.30. The quantitative estimate of drug-likeness (QED) is 0.857. The van der Waals surface area contributed by atoms with Crippen LogP contribution in [0.3, 0.4) is 0 Å². The minimum atomic E-state index is -0.596. The van der Waals surface area contributed by atoms with Gasteiger partial charge in [-0.15, -0.1) is 0 Å². The lowest BCUT2D eigenvalue weighted by Crippen LogP contribution is -2.15. The van der Waals surface area contributed by atoms with Crippen molar-refractivity contribution >= 4 is 29.1 Å². The highest BCUT2D eigenvalue weighted by molar-refractivity contribution is 6.33. The molecule has 1 amide bonds. The Hall–Kier alpha value is -1.72. The first-order chi connectivity index (χ1) is 8.50. The zero-order chi connectivity index (χ0) is 13.3. The van der Waals surface area contributed by atoms with Crippen LogP contribution >= 0.6 is 23.2 Å². The highest BCUT2D eigenvalue weighted by atomic mass is 35.5. The SMILES string of the molecule is Cc1ccnc(-c2nc(Cl)ncc2Cl)c1C(N)=O. The number of hydrogen-bond acceptors (Lipinski definition) is 4. The number of primary amides is 1. The Kier molecular flexibility index (Phi) is 3.45. The number of aromatic nitrogens is 3. The van der Waals surface area contributed by atoms with Crippen molar-refractivity contribution in [3.8, 4) is 11.4 Å². The molecule has 0 radical (unpaired) electrons. The number of amides is 1. The lowest BCUT2D eigenvalue weighted by Gasteiger charge is -2.09. The molecule has 0 aromatic carbocycles. The zero-order valence-corrected chi connectivity index (χ0v) is 10.8. The van der Waals surface area contributed by atoms with E-state index in [-0.39, 0.29) is 21.6 Å². The molecule has 0 aliphatic rings. The smallest absolute Gasteiger partial charge is 0.251 e. The first-order valence-electron chi connectivity index (χ1n) is 4.94. The van der Waals surface area contributed by atoms with Gasteiger partial charge in [0.1, 0.15) is 11.4 Å². The minimum Gasteiger partial charge on any atom is -0.366 e. The van der Waals surface area contributed by atoms with Gasteiger partial charge in [-0.05, 0) is 30.2 Å². The second kappa shape index (κ2) is 4.88. The average Bonchev–Trinajstić information content (AvgIpc) is 2.31. The normalized spacial score (nSPS) is 10.4. The number of nitrogens with zero attached hydrogens (tertiary/aromatic N) is 3. The summed E-state index contributed by atoms with van der Waals surface area (Å²) in [5.74, 6) is -0.596. The van der Waals surface area contributed by atoms with Crippen LogP contribution in [0.4, 0.5) is 0 Å². The number of halogens is 2. The van der Waals surface area contributed by atoms with Crippen LogP contribution in [0.2, 0.25) is 10.3 Å². The Bertz CT molecular complexity index is 630. The monoisotopic (exact) mass is 282 g/mol. The van der Waals surface area contributed by atoms with Gasteiger partial charge in [0.15, 0.2) is 0 Å². The maximum Gasteiger partial charge on any atom is 0.251 e. The third kappa shape index (κ3) is 2.27. The molecular formula is C11H8Cl2N4O. The standard InChI is InChI=1S/C11H8Cl2N4O/c1-5-2-3-15-9(7(5)10(14)18)8-6(12)4-16-11(13)17-8/h2-4H,1H3,(H2,14,18). The molecule has 0 saturated carbocycles. The van der Waals surface area contributed by atoms with E-state index in [1.165, 1.54) is 6.20 Å². The Morgan fingerprint density at radius 1 is 1.28 bits per heavy atom. The van der Waals surface area contributed by atoms with E-state index in [1.54, 1.807) is 19.2 Å². The number of rotatable bonds is 2. The summed E-state index contributed by atoms with van der Waals surface area (Å²) in [4.78, 5) is 23.3. The fourth-order valence-corrected chi connectivity index (χ4v) is 1.87. The molecule has 7 heteroatoms. The number of aryl methyl sites for hydroxylation is 1. The maximum atomic E-state index is 11.5. The van der Waals surface area contributed by atoms with Crippen molar-refractivity contribution in [2.24, 2.45) is 5.73 Å². The van der Waals surface area contributed by atoms with Crippen LogP contribution in [0.15, 0.2) is 18.5 Å². The Balaban J connectivity index is 2.75. The number of carbonyl (C=O) groups excluding carboxylic acids is 1. The van der Waals surface area contributed by atoms with Gasteiger partial charge in [-0.25, -0.2) is 9.97 Å². The summed E-state index contributed by atoms with van der Waals surface area (Å²) in [5, 5.41) is 0.271. The van der Waals surface area contributed by atoms with E-state index < -0.39 is 5.91 Å². The van der Waals surface area contributed by atoms with E-state index in [0.29, 0.717) is 11.3 Å². The van der Waals surface area contributed by atoms with E-state index in [2.05, 4.69) is 15.0 Å². The summed E-state index contributed by atoms with van der Waals surface area (Å²) < 4.78 is 0. The van der Waals surface area contributed by atoms with E-state index >= 15 is 0 Å². The van der Waals surface area contributed by atoms with Crippen LogP contribution in [0, 0.1) is 6.92 Å². The number of carbonyl (C=O) groups is 1. The molecule has 2 heterocycles. The van der Waals surface area contributed by atoms with Gasteiger partial charge in [0.05, 0.1) is 16.8 Å². The molecule has 0 unspecified atom stereocenters. The van der Waals surface area contributed by atoms with E-state index in [1.807, 2.05) is 0 Å². The zero-order valence-electron chi connectivity index (χ0n) is 9.32. The first-order valence-corrected chi connectivity index (χ1v) is 5.70. The minimum absolute atomic E-state index is 0.0214. The molecule has 0 atom stereocenters. The number of nitrogens with two attached hydrogens (primary N) is 1. The number of pyridine rings is 1. The molecule has 0 spiro atoms. The topological polar surface area (TPSA) is 81.8 Å². The fraction of sp³-hybridized carbons (Fsp3) is 0.0909. The summed E-state index contributed by atoms with van der Waals surface area (Å²) in [5.41, 5.74) is 6.90. The maximum absolute atomic E-state index is 11.5. The lowest BCUT2D eigenvalue weighted by atomic mass is 10.1. The molecule has 0 aliphatic heterocycles. The highest BCUT2D eigenvalue weighted by Gasteiger charge is 2.18. The summed E-state index contributed by atoms with van der Waals surface area (Å²) >= 11 is 11.7. The molecular weight excluding hydrogens is 275 g/mol. The molecule has 0 fully saturated rings. The first kappa shape index (κ1) is 12.7. The van der Waals surface area contributed by atoms with E-state index in [9.17, 15) is 4.79 Å². The molecule has 2 N–H and O–H groups in total. The highest BCUT2D eigenvalue weighted by Crippen LogP contribution is 2.28. The molecule has 2 aromatic rings. The molecule has 92 valence electrons. The van der Waals surface area contributed by atoms with Crippen LogP contribution in [-0.2, 0) is 0 Å². The molecule has 5 nitrogen and oxygen atoms in total. The second-order valence-electron chi connectivity index (χ2n) is 3.55. The van der Waals surface area contributed by atoms with Crippen molar-refractivity contribution in [1.82, 2.24) is 15.0 Å². The third-order valence-corrected chi connectivity index (χ3v) is 2.80. The van der Waals surface area contributed by atoms with Crippen molar-refractivity contribution in [3.63, 3.8) is 0 Å². The molecule has 0 saturated heterocycles. The van der Waals surface area contributed by atoms with Gasteiger partial charge in [0, 0.05) is 6.20 Å². The van der Waals surface area contributed by atoms with Gasteiger partial charge < -0.3 is 5.73 Å². The van der Waals surface area contributed by atoms with Gasteiger partial charge in [-0.2, -0.15) is 0 Å². The van der Waals surface area contributed by atoms with Crippen molar-refractivity contribution in [1.29, 1.82) is 0 Å². The molecule has 2 aromatic heterocycles. The van der Waals surface area contributed by atoms with Crippen molar-refractivity contribution in [2.75, 3.05) is 0 Å². The van der Waals surface area contributed by atoms with E-state index in [0.717, 1.165) is 0 Å². The molecule has 0 bridgehead atoms. The summed E-state index contributed by atoms with van der Waals surface area (Å²) in [6.07, 6.45) is 2.89. The van der Waals surface area contributed by atoms with Crippen molar-refractivity contribution in [2.45, 2.75) is 6.92 Å². The average molecular weight is 283 g/mol. The lowest BCUT2D eigenvalue weighted by molar-refractivity contribution is 0.1000. The van der Waals surface area contributed by atoms with Crippen LogP contribution in [0.1, 0.15) is 15.9 Å². The van der Waals surface area contributed by atoms with Crippen molar-refractivity contribution < 1.29 is 4.79 Å². The molecule has 18 heavy (non-hydrogen) atoms. The predicted octanol–water partition coefficient (Wildman–Crippen LogP) is 2.25. The number of hydrogen-bond donors (Lipinski definition) is 1. The summed E-state index contributed by atoms with van der Waals surface area (Å²) in [7, 11) is 0. The van der Waals surface area contributed by atoms with Crippen LogP contribution in [0.5, 0.6) is 0 Å². The largest absolute Gasteiger partial charge is 0.366 e. The Morgan fingerprint density at radius 2 is 2.00 bits per heavy atom. The van der Waals surface area contributed by atoms with Gasteiger partial charge in [0.2, 0.25) is 5.28 Å². The van der Waals surface area contributed by atoms with Crippen LogP contribution in [-0.4, -0.2) is 20.9 Å². The van der Waals surface area contributed by atoms with Gasteiger partial charge in [-0.1, -0.05) is 11.6 Å². The Labute approximate surface area is 113 Å². The summed E-state index contributed by atoms with van der Waals surface area (Å²) in [6.45, 7) is 1.75. The van der Waals surface area contributed by atoms with Crippen LogP contribution in [0.25, 0.3) is 11.4 Å².